The van der Waals surface area contributed by atoms with Crippen LogP contribution in [-0.4, -0.2) is 15.5 Å². The van der Waals surface area contributed by atoms with Crippen molar-refractivity contribution in [3.05, 3.63) is 33.5 Å². The van der Waals surface area contributed by atoms with E-state index in [2.05, 4.69) is 20.3 Å². The molecule has 0 aliphatic carbocycles. The summed E-state index contributed by atoms with van der Waals surface area (Å²) < 4.78 is 29.3. The molecule has 0 saturated carbocycles. The Morgan fingerprint density at radius 2 is 2.00 bits per heavy atom. The molecule has 94 valence electrons. The highest BCUT2D eigenvalue weighted by atomic mass is 79.9. The Morgan fingerprint density at radius 3 is 2.53 bits per heavy atom. The fraction of sp³-hybridized carbons (Fsp3) is 0.417. The first kappa shape index (κ1) is 14.7. The maximum Gasteiger partial charge on any atom is 0.144 e. The third kappa shape index (κ3) is 3.79. The van der Waals surface area contributed by atoms with Crippen molar-refractivity contribution in [3.63, 3.8) is 0 Å². The standard InChI is InChI=1S/C12H15BrFNOS/c1-8-9(5-6-10(13)11(8)14)7-15-17(16)12(2,3)4/h5-7H,1-4H3/b15-7+/t17-/m0/s1. The van der Waals surface area contributed by atoms with Gasteiger partial charge in [-0.2, -0.15) is 0 Å². The average Bonchev–Trinajstić information content (AvgIpc) is 2.23. The molecule has 1 aromatic carbocycles. The highest BCUT2D eigenvalue weighted by Crippen LogP contribution is 2.22. The van der Waals surface area contributed by atoms with E-state index >= 15 is 0 Å². The van der Waals surface area contributed by atoms with E-state index in [0.717, 1.165) is 0 Å². The fourth-order valence-corrected chi connectivity index (χ4v) is 2.02. The highest BCUT2D eigenvalue weighted by molar-refractivity contribution is 9.10. The molecule has 1 atom stereocenters. The summed E-state index contributed by atoms with van der Waals surface area (Å²) >= 11 is 1.79. The van der Waals surface area contributed by atoms with Gasteiger partial charge in [-0.25, -0.2) is 4.39 Å². The predicted octanol–water partition coefficient (Wildman–Crippen LogP) is 3.78. The van der Waals surface area contributed by atoms with Gasteiger partial charge in [0.25, 0.3) is 0 Å². The van der Waals surface area contributed by atoms with Gasteiger partial charge in [0.15, 0.2) is 0 Å². The van der Waals surface area contributed by atoms with Gasteiger partial charge in [0, 0.05) is 5.56 Å². The predicted molar refractivity (Wildman–Crippen MR) is 74.3 cm³/mol. The number of hydrogen-bond acceptors (Lipinski definition) is 2. The van der Waals surface area contributed by atoms with Crippen molar-refractivity contribution < 1.29 is 8.94 Å². The minimum absolute atomic E-state index is 0.310. The van der Waals surface area contributed by atoms with E-state index in [0.29, 0.717) is 15.6 Å². The van der Waals surface area contributed by atoms with Crippen molar-refractivity contribution >= 4 is 33.5 Å². The zero-order chi connectivity index (χ0) is 13.2. The average molecular weight is 320 g/mol. The van der Waals surface area contributed by atoms with Gasteiger partial charge in [0.2, 0.25) is 0 Å². The second-order valence-corrected chi connectivity index (χ2v) is 7.46. The molecular weight excluding hydrogens is 305 g/mol. The third-order valence-electron chi connectivity index (χ3n) is 2.19. The second kappa shape index (κ2) is 5.50. The molecule has 1 aromatic rings. The van der Waals surface area contributed by atoms with Gasteiger partial charge in [-0.15, -0.1) is 0 Å². The lowest BCUT2D eigenvalue weighted by atomic mass is 10.1. The maximum absolute atomic E-state index is 13.6. The molecule has 0 spiro atoms. The van der Waals surface area contributed by atoms with Crippen LogP contribution in [0.5, 0.6) is 0 Å². The summed E-state index contributed by atoms with van der Waals surface area (Å²) in [5.41, 5.74) is 1.14. The van der Waals surface area contributed by atoms with E-state index in [9.17, 15) is 8.94 Å². The topological polar surface area (TPSA) is 35.4 Å². The highest BCUT2D eigenvalue weighted by Gasteiger charge is 2.25. The van der Waals surface area contributed by atoms with Gasteiger partial charge in [-0.3, -0.25) is 0 Å². The molecule has 5 heteroatoms. The van der Waals surface area contributed by atoms with Crippen LogP contribution in [0.1, 0.15) is 31.9 Å². The van der Waals surface area contributed by atoms with Crippen molar-refractivity contribution in [1.29, 1.82) is 0 Å². The summed E-state index contributed by atoms with van der Waals surface area (Å²) in [4.78, 5) is 0. The van der Waals surface area contributed by atoms with E-state index in [4.69, 9.17) is 0 Å². The van der Waals surface area contributed by atoms with Crippen molar-refractivity contribution in [2.24, 2.45) is 4.40 Å². The van der Waals surface area contributed by atoms with Gasteiger partial charge in [0.1, 0.15) is 21.9 Å². The molecule has 0 aliphatic rings. The van der Waals surface area contributed by atoms with Gasteiger partial charge in [-0.05, 0) is 55.3 Å². The third-order valence-corrected chi connectivity index (χ3v) is 4.15. The number of halogens is 2. The van der Waals surface area contributed by atoms with E-state index < -0.39 is 16.1 Å². The molecule has 1 rings (SSSR count). The van der Waals surface area contributed by atoms with Crippen LogP contribution in [0.25, 0.3) is 0 Å². The fourth-order valence-electron chi connectivity index (χ4n) is 1.07. The van der Waals surface area contributed by atoms with Crippen LogP contribution in [-0.2, 0) is 11.4 Å². The molecule has 0 aromatic heterocycles. The Kier molecular flexibility index (Phi) is 4.75. The van der Waals surface area contributed by atoms with Crippen molar-refractivity contribution in [3.8, 4) is 0 Å². The molecule has 0 N–H and O–H groups in total. The number of nitrogens with zero attached hydrogens (tertiary/aromatic N) is 1. The van der Waals surface area contributed by atoms with Crippen LogP contribution in [0.2, 0.25) is 0 Å². The quantitative estimate of drug-likeness (QED) is 0.603. The lowest BCUT2D eigenvalue weighted by Gasteiger charge is -2.17. The van der Waals surface area contributed by atoms with Crippen LogP contribution in [0.15, 0.2) is 21.0 Å². The molecule has 2 nitrogen and oxygen atoms in total. The first-order chi connectivity index (χ1) is 7.73. The molecule has 0 radical (unpaired) electrons. The van der Waals surface area contributed by atoms with Gasteiger partial charge in [-0.1, -0.05) is 10.5 Å². The first-order valence-electron chi connectivity index (χ1n) is 5.14. The van der Waals surface area contributed by atoms with Gasteiger partial charge >= 0.3 is 0 Å². The summed E-state index contributed by atoms with van der Waals surface area (Å²) in [6, 6.07) is 3.36. The van der Waals surface area contributed by atoms with Crippen LogP contribution in [0.3, 0.4) is 0 Å². The van der Waals surface area contributed by atoms with Crippen molar-refractivity contribution in [2.45, 2.75) is 32.4 Å². The lowest BCUT2D eigenvalue weighted by Crippen LogP contribution is -2.25. The first-order valence-corrected chi connectivity index (χ1v) is 7.04. The molecule has 0 amide bonds. The monoisotopic (exact) mass is 319 g/mol. The van der Waals surface area contributed by atoms with Crippen LogP contribution in [0.4, 0.5) is 4.39 Å². The molecule has 17 heavy (non-hydrogen) atoms. The van der Waals surface area contributed by atoms with Gasteiger partial charge < -0.3 is 4.55 Å². The molecular formula is C12H15BrFNOS. The Bertz CT molecular complexity index is 443. The van der Waals surface area contributed by atoms with E-state index in [1.807, 2.05) is 20.8 Å². The summed E-state index contributed by atoms with van der Waals surface area (Å²) in [6.07, 6.45) is 1.46. The van der Waals surface area contributed by atoms with E-state index in [-0.39, 0.29) is 5.82 Å². The summed E-state index contributed by atoms with van der Waals surface area (Å²) in [7, 11) is 0. The molecule has 0 unspecified atom stereocenters. The minimum Gasteiger partial charge on any atom is -0.591 e. The Labute approximate surface area is 113 Å². The molecule has 0 heterocycles. The lowest BCUT2D eigenvalue weighted by molar-refractivity contribution is 0.561. The molecule has 0 aliphatic heterocycles. The summed E-state index contributed by atoms with van der Waals surface area (Å²) in [5.74, 6) is -0.310. The van der Waals surface area contributed by atoms with Crippen LogP contribution >= 0.6 is 15.9 Å². The summed E-state index contributed by atoms with van der Waals surface area (Å²) in [6.45, 7) is 7.20. The van der Waals surface area contributed by atoms with Crippen molar-refractivity contribution in [1.82, 2.24) is 0 Å². The minimum atomic E-state index is -1.32. The van der Waals surface area contributed by atoms with Crippen LogP contribution in [0, 0.1) is 12.7 Å². The normalized spacial score (nSPS) is 14.3. The SMILES string of the molecule is Cc1c(/C=N/[S@@+]([O-])C(C)(C)C)ccc(Br)c1F. The number of hydrogen-bond donors (Lipinski definition) is 0. The number of benzene rings is 1. The summed E-state index contributed by atoms with van der Waals surface area (Å²) in [5, 5.41) is 0. The molecule has 0 bridgehead atoms. The van der Waals surface area contributed by atoms with Crippen LogP contribution < -0.4 is 0 Å². The Hall–Kier alpha value is -0.390. The zero-order valence-electron chi connectivity index (χ0n) is 10.3. The van der Waals surface area contributed by atoms with Crippen molar-refractivity contribution in [2.75, 3.05) is 0 Å². The zero-order valence-corrected chi connectivity index (χ0v) is 12.7. The number of rotatable bonds is 2. The van der Waals surface area contributed by atoms with E-state index in [1.54, 1.807) is 19.1 Å². The Morgan fingerprint density at radius 1 is 1.41 bits per heavy atom. The van der Waals surface area contributed by atoms with E-state index in [1.165, 1.54) is 6.21 Å². The smallest absolute Gasteiger partial charge is 0.144 e. The molecule has 0 fully saturated rings. The second-order valence-electron chi connectivity index (χ2n) is 4.67. The largest absolute Gasteiger partial charge is 0.591 e. The molecule has 0 saturated heterocycles. The Balaban J connectivity index is 2.97. The maximum atomic E-state index is 13.6. The van der Waals surface area contributed by atoms with Gasteiger partial charge in [0.05, 0.1) is 10.7 Å².